The molecule has 0 aliphatic carbocycles. The highest BCUT2D eigenvalue weighted by molar-refractivity contribution is 7.98. The van der Waals surface area contributed by atoms with Gasteiger partial charge in [0.1, 0.15) is 0 Å². The molecule has 2 rings (SSSR count). The molecule has 1 aromatic heterocycles. The molecule has 0 spiro atoms. The quantitative estimate of drug-likeness (QED) is 0.773. The molecule has 3 N–H and O–H groups in total. The fourth-order valence-corrected chi connectivity index (χ4v) is 2.99. The number of carbonyl (C=O) groups excluding carboxylic acids is 2. The monoisotopic (exact) mass is 325 g/mol. The summed E-state index contributed by atoms with van der Waals surface area (Å²) in [5, 5.41) is 3.59. The minimum Gasteiger partial charge on any atom is -0.445 e. The molecule has 122 valence electrons. The third-order valence-electron chi connectivity index (χ3n) is 3.79. The summed E-state index contributed by atoms with van der Waals surface area (Å²) in [5.41, 5.74) is 5.37. The van der Waals surface area contributed by atoms with Gasteiger partial charge in [0, 0.05) is 32.1 Å². The van der Waals surface area contributed by atoms with Crippen molar-refractivity contribution in [3.05, 3.63) is 17.9 Å². The van der Waals surface area contributed by atoms with E-state index in [0.717, 1.165) is 24.4 Å². The molecule has 1 aromatic rings. The van der Waals surface area contributed by atoms with Crippen molar-refractivity contribution in [2.24, 2.45) is 5.73 Å². The first-order valence-electron chi connectivity index (χ1n) is 7.57. The van der Waals surface area contributed by atoms with Crippen molar-refractivity contribution in [2.75, 3.05) is 25.9 Å². The van der Waals surface area contributed by atoms with Crippen molar-refractivity contribution < 1.29 is 14.0 Å². The number of likely N-dealkylation sites (tertiary alicyclic amines) is 1. The molecule has 2 amide bonds. The Hall–Kier alpha value is -1.47. The van der Waals surface area contributed by atoms with Gasteiger partial charge in [-0.1, -0.05) is 11.8 Å². The van der Waals surface area contributed by atoms with Crippen LogP contribution in [-0.2, 0) is 4.79 Å². The van der Waals surface area contributed by atoms with E-state index in [1.807, 2.05) is 11.2 Å². The lowest BCUT2D eigenvalue weighted by molar-refractivity contribution is -0.121. The van der Waals surface area contributed by atoms with Crippen LogP contribution in [0.2, 0.25) is 0 Å². The number of furan rings is 1. The summed E-state index contributed by atoms with van der Waals surface area (Å²) < 4.78 is 5.53. The second kappa shape index (κ2) is 8.24. The predicted octanol–water partition coefficient (Wildman–Crippen LogP) is 1.46. The van der Waals surface area contributed by atoms with E-state index in [0.29, 0.717) is 31.8 Å². The Morgan fingerprint density at radius 3 is 2.95 bits per heavy atom. The van der Waals surface area contributed by atoms with Crippen LogP contribution >= 0.6 is 11.8 Å². The molecule has 22 heavy (non-hydrogen) atoms. The summed E-state index contributed by atoms with van der Waals surface area (Å²) in [6.45, 7) is 1.51. The maximum Gasteiger partial charge on any atom is 0.289 e. The minimum absolute atomic E-state index is 0.0193. The van der Waals surface area contributed by atoms with E-state index in [9.17, 15) is 9.59 Å². The van der Waals surface area contributed by atoms with Crippen molar-refractivity contribution >= 4 is 23.6 Å². The topological polar surface area (TPSA) is 88.6 Å². The Kier molecular flexibility index (Phi) is 6.33. The third-order valence-corrected chi connectivity index (χ3v) is 4.41. The van der Waals surface area contributed by atoms with Crippen molar-refractivity contribution in [1.29, 1.82) is 0 Å². The number of amides is 2. The van der Waals surface area contributed by atoms with Crippen LogP contribution in [0.1, 0.15) is 36.2 Å². The molecule has 1 aliphatic rings. The summed E-state index contributed by atoms with van der Waals surface area (Å²) in [6.07, 6.45) is 5.16. The summed E-state index contributed by atoms with van der Waals surface area (Å²) in [7, 11) is 0. The first kappa shape index (κ1) is 16.9. The highest BCUT2D eigenvalue weighted by Crippen LogP contribution is 2.23. The SMILES string of the molecule is CSc1ccc(C(=O)N2CCCCC2CNC(=O)CCN)o1. The van der Waals surface area contributed by atoms with E-state index in [4.69, 9.17) is 10.2 Å². The molecule has 7 heteroatoms. The first-order chi connectivity index (χ1) is 10.7. The zero-order valence-electron chi connectivity index (χ0n) is 12.8. The summed E-state index contributed by atoms with van der Waals surface area (Å²) in [5.74, 6) is 0.200. The van der Waals surface area contributed by atoms with Gasteiger partial charge in [-0.05, 0) is 37.7 Å². The summed E-state index contributed by atoms with van der Waals surface area (Å²) >= 11 is 1.47. The molecular weight excluding hydrogens is 302 g/mol. The number of hydrogen-bond donors (Lipinski definition) is 2. The minimum atomic E-state index is -0.0990. The molecule has 6 nitrogen and oxygen atoms in total. The van der Waals surface area contributed by atoms with Gasteiger partial charge in [0.25, 0.3) is 5.91 Å². The first-order valence-corrected chi connectivity index (χ1v) is 8.79. The van der Waals surface area contributed by atoms with Crippen molar-refractivity contribution in [3.63, 3.8) is 0 Å². The van der Waals surface area contributed by atoms with E-state index in [2.05, 4.69) is 5.32 Å². The Bertz CT molecular complexity index is 518. The van der Waals surface area contributed by atoms with Gasteiger partial charge < -0.3 is 20.4 Å². The molecule has 1 unspecified atom stereocenters. The molecular formula is C15H23N3O3S. The summed E-state index contributed by atoms with van der Waals surface area (Å²) in [6, 6.07) is 3.54. The summed E-state index contributed by atoms with van der Waals surface area (Å²) in [4.78, 5) is 26.0. The lowest BCUT2D eigenvalue weighted by Gasteiger charge is -2.35. The third kappa shape index (κ3) is 4.27. The van der Waals surface area contributed by atoms with Crippen LogP contribution in [0.15, 0.2) is 21.6 Å². The van der Waals surface area contributed by atoms with Crippen LogP contribution in [0.3, 0.4) is 0 Å². The average Bonchev–Trinajstić information content (AvgIpc) is 3.02. The molecule has 1 saturated heterocycles. The molecule has 1 fully saturated rings. The Labute approximate surface area is 134 Å². The number of hydrogen-bond acceptors (Lipinski definition) is 5. The lowest BCUT2D eigenvalue weighted by Crippen LogP contribution is -2.49. The molecule has 1 aliphatic heterocycles. The molecule has 0 bridgehead atoms. The van der Waals surface area contributed by atoms with Crippen LogP contribution in [0.25, 0.3) is 0 Å². The van der Waals surface area contributed by atoms with Crippen LogP contribution < -0.4 is 11.1 Å². The van der Waals surface area contributed by atoms with Gasteiger partial charge in [-0.2, -0.15) is 0 Å². The van der Waals surface area contributed by atoms with Crippen molar-refractivity contribution in [1.82, 2.24) is 10.2 Å². The number of thioether (sulfide) groups is 1. The lowest BCUT2D eigenvalue weighted by atomic mass is 10.0. The number of nitrogens with two attached hydrogens (primary N) is 1. The second-order valence-corrected chi connectivity index (χ2v) is 6.12. The maximum atomic E-state index is 12.6. The van der Waals surface area contributed by atoms with Gasteiger partial charge in [-0.3, -0.25) is 9.59 Å². The van der Waals surface area contributed by atoms with E-state index < -0.39 is 0 Å². The highest BCUT2D eigenvalue weighted by atomic mass is 32.2. The average molecular weight is 325 g/mol. The van der Waals surface area contributed by atoms with Crippen LogP contribution in [0.4, 0.5) is 0 Å². The van der Waals surface area contributed by atoms with E-state index in [-0.39, 0.29) is 17.9 Å². The van der Waals surface area contributed by atoms with Gasteiger partial charge in [0.05, 0.1) is 0 Å². The fraction of sp³-hybridized carbons (Fsp3) is 0.600. The largest absolute Gasteiger partial charge is 0.445 e. The van der Waals surface area contributed by atoms with Crippen LogP contribution in [0, 0.1) is 0 Å². The molecule has 2 heterocycles. The zero-order valence-corrected chi connectivity index (χ0v) is 13.7. The van der Waals surface area contributed by atoms with Gasteiger partial charge in [-0.25, -0.2) is 0 Å². The maximum absolute atomic E-state index is 12.6. The van der Waals surface area contributed by atoms with E-state index in [1.54, 1.807) is 12.1 Å². The Balaban J connectivity index is 1.99. The van der Waals surface area contributed by atoms with Crippen molar-refractivity contribution in [3.8, 4) is 0 Å². The Morgan fingerprint density at radius 1 is 1.45 bits per heavy atom. The number of nitrogens with one attached hydrogen (secondary N) is 1. The number of carbonyl (C=O) groups is 2. The standard InChI is InChI=1S/C15H23N3O3S/c1-22-14-6-5-12(21-14)15(20)18-9-3-2-4-11(18)10-17-13(19)7-8-16/h5-6,11H,2-4,7-10,16H2,1H3,(H,17,19). The molecule has 1 atom stereocenters. The number of nitrogens with zero attached hydrogens (tertiary/aromatic N) is 1. The smallest absolute Gasteiger partial charge is 0.289 e. The zero-order chi connectivity index (χ0) is 15.9. The van der Waals surface area contributed by atoms with Crippen LogP contribution in [0.5, 0.6) is 0 Å². The van der Waals surface area contributed by atoms with E-state index in [1.165, 1.54) is 11.8 Å². The van der Waals surface area contributed by atoms with Gasteiger partial charge >= 0.3 is 0 Å². The Morgan fingerprint density at radius 2 is 2.27 bits per heavy atom. The molecule has 0 aromatic carbocycles. The molecule has 0 radical (unpaired) electrons. The van der Waals surface area contributed by atoms with Gasteiger partial charge in [0.2, 0.25) is 5.91 Å². The molecule has 0 saturated carbocycles. The fourth-order valence-electron chi connectivity index (χ4n) is 2.62. The number of piperidine rings is 1. The van der Waals surface area contributed by atoms with E-state index >= 15 is 0 Å². The second-order valence-electron chi connectivity index (χ2n) is 5.31. The van der Waals surface area contributed by atoms with Gasteiger partial charge in [-0.15, -0.1) is 0 Å². The number of rotatable bonds is 6. The highest BCUT2D eigenvalue weighted by Gasteiger charge is 2.29. The normalized spacial score (nSPS) is 18.3. The predicted molar refractivity (Wildman–Crippen MR) is 85.8 cm³/mol. The van der Waals surface area contributed by atoms with Gasteiger partial charge in [0.15, 0.2) is 10.9 Å². The van der Waals surface area contributed by atoms with Crippen LogP contribution in [-0.4, -0.2) is 48.6 Å². The van der Waals surface area contributed by atoms with Crippen molar-refractivity contribution in [2.45, 2.75) is 36.8 Å².